The van der Waals surface area contributed by atoms with Crippen LogP contribution in [0.3, 0.4) is 0 Å². The molecule has 1 aromatic carbocycles. The van der Waals surface area contributed by atoms with Crippen LogP contribution in [0.25, 0.3) is 0 Å². The highest BCUT2D eigenvalue weighted by molar-refractivity contribution is 5.94. The van der Waals surface area contributed by atoms with Gasteiger partial charge < -0.3 is 15.8 Å². The zero-order chi connectivity index (χ0) is 14.0. The van der Waals surface area contributed by atoms with Crippen LogP contribution in [0, 0.1) is 5.41 Å². The number of methoxy groups -OCH3 is 1. The van der Waals surface area contributed by atoms with Gasteiger partial charge in [-0.15, -0.1) is 0 Å². The van der Waals surface area contributed by atoms with Crippen LogP contribution < -0.4 is 11.1 Å². The first-order chi connectivity index (χ1) is 8.98. The summed E-state index contributed by atoms with van der Waals surface area (Å²) in [5, 5.41) is 3.08. The minimum atomic E-state index is -0.0390. The fourth-order valence-electron chi connectivity index (χ4n) is 2.61. The van der Waals surface area contributed by atoms with Crippen molar-refractivity contribution < 1.29 is 9.53 Å². The summed E-state index contributed by atoms with van der Waals surface area (Å²) in [6, 6.07) is 7.60. The van der Waals surface area contributed by atoms with Crippen molar-refractivity contribution in [2.24, 2.45) is 11.1 Å². The first-order valence-electron chi connectivity index (χ1n) is 6.61. The molecule has 19 heavy (non-hydrogen) atoms. The normalized spacial score (nSPS) is 24.6. The molecule has 0 radical (unpaired) electrons. The SMILES string of the molecule is COC1CC(NC(=O)c2cccc(CN)c2)C1(C)C. The highest BCUT2D eigenvalue weighted by atomic mass is 16.5. The molecule has 1 saturated carbocycles. The third kappa shape index (κ3) is 2.65. The highest BCUT2D eigenvalue weighted by Gasteiger charge is 2.49. The molecular weight excluding hydrogens is 240 g/mol. The summed E-state index contributed by atoms with van der Waals surface area (Å²) >= 11 is 0. The van der Waals surface area contributed by atoms with E-state index in [4.69, 9.17) is 10.5 Å². The van der Waals surface area contributed by atoms with Gasteiger partial charge in [0.25, 0.3) is 5.91 Å². The number of hydrogen-bond acceptors (Lipinski definition) is 3. The Labute approximate surface area is 114 Å². The smallest absolute Gasteiger partial charge is 0.251 e. The molecule has 1 aliphatic rings. The molecule has 0 saturated heterocycles. The Balaban J connectivity index is 2.02. The Bertz CT molecular complexity index is 471. The fraction of sp³-hybridized carbons (Fsp3) is 0.533. The summed E-state index contributed by atoms with van der Waals surface area (Å²) in [6.45, 7) is 4.68. The van der Waals surface area contributed by atoms with Crippen LogP contribution in [0.15, 0.2) is 24.3 Å². The van der Waals surface area contributed by atoms with Gasteiger partial charge in [0.15, 0.2) is 0 Å². The lowest BCUT2D eigenvalue weighted by molar-refractivity contribution is -0.0942. The quantitative estimate of drug-likeness (QED) is 0.868. The fourth-order valence-corrected chi connectivity index (χ4v) is 2.61. The van der Waals surface area contributed by atoms with Crippen LogP contribution in [0.5, 0.6) is 0 Å². The standard InChI is InChI=1S/C15H22N2O2/c1-15(2)12(8-13(15)19-3)17-14(18)11-6-4-5-10(7-11)9-16/h4-7,12-13H,8-9,16H2,1-3H3,(H,17,18). The molecule has 2 atom stereocenters. The number of rotatable bonds is 4. The number of nitrogens with two attached hydrogens (primary N) is 1. The highest BCUT2D eigenvalue weighted by Crippen LogP contribution is 2.42. The predicted molar refractivity (Wildman–Crippen MR) is 74.8 cm³/mol. The Morgan fingerprint density at radius 2 is 2.26 bits per heavy atom. The van der Waals surface area contributed by atoms with Crippen molar-refractivity contribution in [1.29, 1.82) is 0 Å². The molecule has 4 nitrogen and oxygen atoms in total. The number of hydrogen-bond donors (Lipinski definition) is 2. The molecule has 1 aromatic rings. The van der Waals surface area contributed by atoms with Crippen molar-refractivity contribution in [2.75, 3.05) is 7.11 Å². The first-order valence-corrected chi connectivity index (χ1v) is 6.61. The van der Waals surface area contributed by atoms with E-state index in [1.807, 2.05) is 24.3 Å². The number of benzene rings is 1. The van der Waals surface area contributed by atoms with Gasteiger partial charge in [-0.05, 0) is 24.1 Å². The molecule has 1 fully saturated rings. The van der Waals surface area contributed by atoms with Gasteiger partial charge in [-0.25, -0.2) is 0 Å². The van der Waals surface area contributed by atoms with Crippen molar-refractivity contribution in [3.63, 3.8) is 0 Å². The summed E-state index contributed by atoms with van der Waals surface area (Å²) in [4.78, 5) is 12.2. The molecule has 104 valence electrons. The molecule has 0 aliphatic heterocycles. The molecule has 4 heteroatoms. The Morgan fingerprint density at radius 1 is 1.53 bits per heavy atom. The Morgan fingerprint density at radius 3 is 2.84 bits per heavy atom. The van der Waals surface area contributed by atoms with Gasteiger partial charge >= 0.3 is 0 Å². The molecular formula is C15H22N2O2. The predicted octanol–water partition coefficient (Wildman–Crippen LogP) is 1.69. The summed E-state index contributed by atoms with van der Waals surface area (Å²) in [5.41, 5.74) is 7.20. The van der Waals surface area contributed by atoms with E-state index < -0.39 is 0 Å². The Kier molecular flexibility index (Phi) is 3.92. The molecule has 0 bridgehead atoms. The van der Waals surface area contributed by atoms with Crippen LogP contribution in [-0.2, 0) is 11.3 Å². The number of amides is 1. The van der Waals surface area contributed by atoms with E-state index in [-0.39, 0.29) is 23.5 Å². The minimum Gasteiger partial charge on any atom is -0.381 e. The van der Waals surface area contributed by atoms with E-state index in [9.17, 15) is 4.79 Å². The lowest BCUT2D eigenvalue weighted by Crippen LogP contribution is -2.61. The summed E-state index contributed by atoms with van der Waals surface area (Å²) in [6.07, 6.45) is 1.08. The molecule has 1 amide bonds. The monoisotopic (exact) mass is 262 g/mol. The minimum absolute atomic E-state index is 0.0180. The maximum absolute atomic E-state index is 12.2. The molecule has 0 heterocycles. The van der Waals surface area contributed by atoms with E-state index >= 15 is 0 Å². The average Bonchev–Trinajstić information content (AvgIpc) is 2.42. The molecule has 1 aliphatic carbocycles. The number of nitrogens with one attached hydrogen (secondary N) is 1. The van der Waals surface area contributed by atoms with Crippen molar-refractivity contribution in [1.82, 2.24) is 5.32 Å². The van der Waals surface area contributed by atoms with Gasteiger partial charge in [-0.2, -0.15) is 0 Å². The van der Waals surface area contributed by atoms with Crippen molar-refractivity contribution in [3.05, 3.63) is 35.4 Å². The van der Waals surface area contributed by atoms with Crippen LogP contribution >= 0.6 is 0 Å². The molecule has 0 spiro atoms. The van der Waals surface area contributed by atoms with Gasteiger partial charge in [-0.3, -0.25) is 4.79 Å². The van der Waals surface area contributed by atoms with Crippen LogP contribution in [0.1, 0.15) is 36.2 Å². The van der Waals surface area contributed by atoms with Gasteiger partial charge in [0.2, 0.25) is 0 Å². The average molecular weight is 262 g/mol. The largest absolute Gasteiger partial charge is 0.381 e. The van der Waals surface area contributed by atoms with Crippen LogP contribution in [0.4, 0.5) is 0 Å². The maximum Gasteiger partial charge on any atom is 0.251 e. The third-order valence-electron chi connectivity index (χ3n) is 4.19. The van der Waals surface area contributed by atoms with Gasteiger partial charge in [0, 0.05) is 30.7 Å². The van der Waals surface area contributed by atoms with E-state index in [1.54, 1.807) is 7.11 Å². The lowest BCUT2D eigenvalue weighted by Gasteiger charge is -2.51. The van der Waals surface area contributed by atoms with Crippen molar-refractivity contribution in [3.8, 4) is 0 Å². The van der Waals surface area contributed by atoms with E-state index in [2.05, 4.69) is 19.2 Å². The zero-order valence-corrected chi connectivity index (χ0v) is 11.8. The van der Waals surface area contributed by atoms with Crippen molar-refractivity contribution >= 4 is 5.91 Å². The third-order valence-corrected chi connectivity index (χ3v) is 4.19. The summed E-state index contributed by atoms with van der Waals surface area (Å²) < 4.78 is 5.39. The molecule has 2 unspecified atom stereocenters. The lowest BCUT2D eigenvalue weighted by atomic mass is 9.64. The summed E-state index contributed by atoms with van der Waals surface area (Å²) in [7, 11) is 1.72. The zero-order valence-electron chi connectivity index (χ0n) is 11.8. The number of ether oxygens (including phenoxy) is 1. The topological polar surface area (TPSA) is 64.3 Å². The van der Waals surface area contributed by atoms with Gasteiger partial charge in [0.1, 0.15) is 0 Å². The molecule has 3 N–H and O–H groups in total. The van der Waals surface area contributed by atoms with Gasteiger partial charge in [-0.1, -0.05) is 26.0 Å². The number of carbonyl (C=O) groups excluding carboxylic acids is 1. The second-order valence-corrected chi connectivity index (χ2v) is 5.71. The second kappa shape index (κ2) is 5.31. The van der Waals surface area contributed by atoms with Crippen molar-refractivity contribution in [2.45, 2.75) is 39.0 Å². The van der Waals surface area contributed by atoms with E-state index in [0.29, 0.717) is 12.1 Å². The summed E-state index contributed by atoms with van der Waals surface area (Å²) in [5.74, 6) is -0.0390. The first kappa shape index (κ1) is 14.0. The maximum atomic E-state index is 12.2. The second-order valence-electron chi connectivity index (χ2n) is 5.71. The van der Waals surface area contributed by atoms with Crippen LogP contribution in [-0.4, -0.2) is 25.2 Å². The molecule has 2 rings (SSSR count). The van der Waals surface area contributed by atoms with Crippen LogP contribution in [0.2, 0.25) is 0 Å². The Hall–Kier alpha value is -1.39. The number of carbonyl (C=O) groups is 1. The molecule has 0 aromatic heterocycles. The van der Waals surface area contributed by atoms with E-state index in [0.717, 1.165) is 12.0 Å². The van der Waals surface area contributed by atoms with Gasteiger partial charge in [0.05, 0.1) is 6.10 Å². The van der Waals surface area contributed by atoms with E-state index in [1.165, 1.54) is 0 Å².